The Labute approximate surface area is 272 Å². The highest BCUT2D eigenvalue weighted by Crippen LogP contribution is 2.52. The molecule has 1 aliphatic carbocycles. The SMILES string of the molecule is C=C1C=C2/C(=C\N(c3ccc([C@@H](N)C(NC(N)c4ccccc4)c4ccccc4)cc3)c3ccccc31)c1ccccc1C2(C)C. The summed E-state index contributed by atoms with van der Waals surface area (Å²) in [6.45, 7) is 9.15. The molecule has 4 heteroatoms. The molecule has 5 N–H and O–H groups in total. The van der Waals surface area contributed by atoms with Crippen LogP contribution in [-0.4, -0.2) is 0 Å². The molecule has 3 atom stereocenters. The minimum atomic E-state index is -0.366. The number of rotatable bonds is 7. The molecule has 0 saturated heterocycles. The van der Waals surface area contributed by atoms with E-state index in [0.29, 0.717) is 0 Å². The lowest BCUT2D eigenvalue weighted by Crippen LogP contribution is -2.38. The van der Waals surface area contributed by atoms with Gasteiger partial charge in [-0.2, -0.15) is 0 Å². The van der Waals surface area contributed by atoms with E-state index in [4.69, 9.17) is 11.5 Å². The Morgan fingerprint density at radius 1 is 0.652 bits per heavy atom. The van der Waals surface area contributed by atoms with Gasteiger partial charge in [-0.1, -0.05) is 142 Å². The Kier molecular flexibility index (Phi) is 7.79. The molecule has 0 amide bonds. The summed E-state index contributed by atoms with van der Waals surface area (Å²) in [4.78, 5) is 2.30. The summed E-state index contributed by atoms with van der Waals surface area (Å²) in [5, 5.41) is 3.62. The number of allylic oxidation sites excluding steroid dienone is 4. The molecule has 2 aliphatic rings. The Morgan fingerprint density at radius 3 is 1.93 bits per heavy atom. The van der Waals surface area contributed by atoms with Crippen LogP contribution in [0, 0.1) is 0 Å². The molecule has 1 heterocycles. The van der Waals surface area contributed by atoms with Gasteiger partial charge in [0.15, 0.2) is 0 Å². The van der Waals surface area contributed by atoms with Gasteiger partial charge >= 0.3 is 0 Å². The Bertz CT molecular complexity index is 1940. The first-order valence-electron chi connectivity index (χ1n) is 15.9. The summed E-state index contributed by atoms with van der Waals surface area (Å²) in [6, 6.07) is 45.7. The van der Waals surface area contributed by atoms with Crippen molar-refractivity contribution in [1.29, 1.82) is 0 Å². The number of nitrogens with one attached hydrogen (secondary N) is 1. The number of fused-ring (bicyclic) bond motifs is 4. The zero-order chi connectivity index (χ0) is 31.8. The van der Waals surface area contributed by atoms with Crippen molar-refractivity contribution in [3.05, 3.63) is 191 Å². The van der Waals surface area contributed by atoms with Gasteiger partial charge in [0.2, 0.25) is 0 Å². The van der Waals surface area contributed by atoms with E-state index in [0.717, 1.165) is 39.2 Å². The number of hydrogen-bond donors (Lipinski definition) is 3. The number of benzene rings is 5. The summed E-state index contributed by atoms with van der Waals surface area (Å²) in [6.07, 6.45) is 4.21. The van der Waals surface area contributed by atoms with Crippen LogP contribution in [0.5, 0.6) is 0 Å². The third-order valence-electron chi connectivity index (χ3n) is 9.53. The molecule has 0 spiro atoms. The second-order valence-corrected chi connectivity index (χ2v) is 12.7. The monoisotopic (exact) mass is 600 g/mol. The van der Waals surface area contributed by atoms with E-state index in [1.54, 1.807) is 0 Å². The summed E-state index contributed by atoms with van der Waals surface area (Å²) in [5.41, 5.74) is 26.1. The van der Waals surface area contributed by atoms with Crippen LogP contribution in [0.1, 0.15) is 65.5 Å². The van der Waals surface area contributed by atoms with Gasteiger partial charge in [-0.05, 0) is 57.2 Å². The fourth-order valence-electron chi connectivity index (χ4n) is 6.97. The highest BCUT2D eigenvalue weighted by atomic mass is 15.1. The maximum atomic E-state index is 7.06. The average molecular weight is 601 g/mol. The Balaban J connectivity index is 1.28. The topological polar surface area (TPSA) is 67.3 Å². The number of anilines is 2. The molecule has 46 heavy (non-hydrogen) atoms. The normalized spacial score (nSPS) is 18.1. The lowest BCUT2D eigenvalue weighted by molar-refractivity contribution is 0.398. The van der Waals surface area contributed by atoms with Crippen LogP contribution in [0.4, 0.5) is 11.4 Å². The second kappa shape index (κ2) is 12.1. The van der Waals surface area contributed by atoms with Crippen molar-refractivity contribution in [1.82, 2.24) is 5.32 Å². The van der Waals surface area contributed by atoms with Gasteiger partial charge in [-0.25, -0.2) is 0 Å². The minimum absolute atomic E-state index is 0.139. The van der Waals surface area contributed by atoms with Crippen molar-refractivity contribution in [3.63, 3.8) is 0 Å². The van der Waals surface area contributed by atoms with Crippen molar-refractivity contribution >= 4 is 22.5 Å². The highest BCUT2D eigenvalue weighted by molar-refractivity contribution is 5.98. The lowest BCUT2D eigenvalue weighted by Gasteiger charge is -2.31. The first kappa shape index (κ1) is 29.7. The van der Waals surface area contributed by atoms with E-state index < -0.39 is 0 Å². The summed E-state index contributed by atoms with van der Waals surface area (Å²) >= 11 is 0. The summed E-state index contributed by atoms with van der Waals surface area (Å²) in [7, 11) is 0. The van der Waals surface area contributed by atoms with E-state index in [9.17, 15) is 0 Å². The molecule has 0 saturated carbocycles. The standard InChI is InChI=1S/C42H40N4/c1-28-26-37-35(34-19-10-12-20-36(34)42(37,2)3)27-46(38-21-13-11-18-33(28)38)32-24-22-29(23-25-32)39(43)40(30-14-6-4-7-15-30)45-41(44)31-16-8-5-9-17-31/h4-27,39-41,45H,1,43-44H2,2-3H3/b35-27-,37-26?/t39-,40?,41?/m1/s1. The van der Waals surface area contributed by atoms with Gasteiger partial charge in [0.1, 0.15) is 0 Å². The van der Waals surface area contributed by atoms with Crippen molar-refractivity contribution in [2.24, 2.45) is 11.5 Å². The zero-order valence-electron chi connectivity index (χ0n) is 26.4. The van der Waals surface area contributed by atoms with E-state index in [1.807, 2.05) is 48.5 Å². The van der Waals surface area contributed by atoms with E-state index in [-0.39, 0.29) is 23.7 Å². The van der Waals surface area contributed by atoms with Gasteiger partial charge in [-0.3, -0.25) is 5.32 Å². The van der Waals surface area contributed by atoms with Crippen LogP contribution >= 0.6 is 0 Å². The van der Waals surface area contributed by atoms with Crippen LogP contribution in [0.15, 0.2) is 158 Å². The molecule has 2 unspecified atom stereocenters. The maximum Gasteiger partial charge on any atom is 0.0815 e. The molecule has 228 valence electrons. The zero-order valence-corrected chi connectivity index (χ0v) is 26.4. The highest BCUT2D eigenvalue weighted by Gasteiger charge is 2.39. The predicted octanol–water partition coefficient (Wildman–Crippen LogP) is 9.10. The number of hydrogen-bond acceptors (Lipinski definition) is 4. The third-order valence-corrected chi connectivity index (χ3v) is 9.53. The maximum absolute atomic E-state index is 7.06. The van der Waals surface area contributed by atoms with Crippen molar-refractivity contribution in [2.75, 3.05) is 4.90 Å². The Hall–Kier alpha value is -5.00. The molecule has 5 aromatic carbocycles. The van der Waals surface area contributed by atoms with Crippen LogP contribution < -0.4 is 21.7 Å². The van der Waals surface area contributed by atoms with Crippen molar-refractivity contribution < 1.29 is 0 Å². The Morgan fingerprint density at radius 2 is 1.24 bits per heavy atom. The molecule has 0 bridgehead atoms. The minimum Gasteiger partial charge on any atom is -0.322 e. The summed E-state index contributed by atoms with van der Waals surface area (Å²) < 4.78 is 0. The molecule has 1 aliphatic heterocycles. The molecular formula is C42H40N4. The second-order valence-electron chi connectivity index (χ2n) is 12.7. The fourth-order valence-corrected chi connectivity index (χ4v) is 6.97. The predicted molar refractivity (Wildman–Crippen MR) is 192 cm³/mol. The number of para-hydroxylation sites is 1. The van der Waals surface area contributed by atoms with E-state index in [1.165, 1.54) is 22.3 Å². The van der Waals surface area contributed by atoms with E-state index in [2.05, 4.69) is 128 Å². The molecule has 5 aromatic rings. The molecule has 0 aromatic heterocycles. The van der Waals surface area contributed by atoms with Crippen LogP contribution in [0.2, 0.25) is 0 Å². The van der Waals surface area contributed by atoms with E-state index >= 15 is 0 Å². The average Bonchev–Trinajstić information content (AvgIpc) is 3.30. The number of nitrogens with zero attached hydrogens (tertiary/aromatic N) is 1. The largest absolute Gasteiger partial charge is 0.322 e. The van der Waals surface area contributed by atoms with Crippen LogP contribution in [0.3, 0.4) is 0 Å². The molecule has 7 rings (SSSR count). The lowest BCUT2D eigenvalue weighted by atomic mass is 9.80. The van der Waals surface area contributed by atoms with Gasteiger partial charge in [0.25, 0.3) is 0 Å². The van der Waals surface area contributed by atoms with Crippen LogP contribution in [-0.2, 0) is 5.41 Å². The molecular weight excluding hydrogens is 560 g/mol. The van der Waals surface area contributed by atoms with Gasteiger partial charge < -0.3 is 16.4 Å². The molecule has 0 fully saturated rings. The smallest absolute Gasteiger partial charge is 0.0815 e. The van der Waals surface area contributed by atoms with Crippen LogP contribution in [0.25, 0.3) is 11.1 Å². The number of nitrogens with two attached hydrogens (primary N) is 2. The summed E-state index contributed by atoms with van der Waals surface area (Å²) in [5.74, 6) is 0. The van der Waals surface area contributed by atoms with Gasteiger partial charge in [0.05, 0.1) is 17.9 Å². The third kappa shape index (κ3) is 5.31. The van der Waals surface area contributed by atoms with Crippen molar-refractivity contribution in [3.8, 4) is 0 Å². The first-order valence-corrected chi connectivity index (χ1v) is 15.9. The molecule has 0 radical (unpaired) electrons. The van der Waals surface area contributed by atoms with Gasteiger partial charge in [0, 0.05) is 34.5 Å². The fraction of sp³-hybridized carbons (Fsp3) is 0.143. The first-order chi connectivity index (χ1) is 22.3. The van der Waals surface area contributed by atoms with Crippen molar-refractivity contribution in [2.45, 2.75) is 37.5 Å². The molecule has 4 nitrogen and oxygen atoms in total. The quantitative estimate of drug-likeness (QED) is 0.163. The van der Waals surface area contributed by atoms with Gasteiger partial charge in [-0.15, -0.1) is 0 Å².